The minimum atomic E-state index is -0.586. The second-order valence-corrected chi connectivity index (χ2v) is 4.77. The van der Waals surface area contributed by atoms with Crippen LogP contribution in [0, 0.1) is 0 Å². The average molecular weight is 284 g/mol. The molecular formula is C17H20N2O2. The van der Waals surface area contributed by atoms with Crippen molar-refractivity contribution in [2.75, 3.05) is 11.9 Å². The second-order valence-electron chi connectivity index (χ2n) is 4.77. The number of rotatable bonds is 7. The van der Waals surface area contributed by atoms with E-state index < -0.39 is 11.9 Å². The fraction of sp³-hybridized carbons (Fsp3) is 0.235. The van der Waals surface area contributed by atoms with E-state index in [1.807, 2.05) is 61.5 Å². The van der Waals surface area contributed by atoms with E-state index in [9.17, 15) is 4.79 Å². The SMILES string of the molecule is CCCOc1cccc(C(Nc2ccccc2)C(N)=O)c1. The van der Waals surface area contributed by atoms with Gasteiger partial charge < -0.3 is 15.8 Å². The Morgan fingerprint density at radius 1 is 1.19 bits per heavy atom. The lowest BCUT2D eigenvalue weighted by Gasteiger charge is -2.18. The zero-order valence-corrected chi connectivity index (χ0v) is 12.1. The van der Waals surface area contributed by atoms with E-state index in [-0.39, 0.29) is 0 Å². The molecule has 1 unspecified atom stereocenters. The van der Waals surface area contributed by atoms with Crippen molar-refractivity contribution in [2.45, 2.75) is 19.4 Å². The highest BCUT2D eigenvalue weighted by molar-refractivity contribution is 5.84. The number of anilines is 1. The summed E-state index contributed by atoms with van der Waals surface area (Å²) in [6.45, 7) is 2.70. The van der Waals surface area contributed by atoms with Crippen molar-refractivity contribution in [3.8, 4) is 5.75 Å². The number of benzene rings is 2. The summed E-state index contributed by atoms with van der Waals surface area (Å²) in [5.41, 5.74) is 7.16. The van der Waals surface area contributed by atoms with Crippen molar-refractivity contribution in [2.24, 2.45) is 5.73 Å². The molecule has 0 heterocycles. The van der Waals surface area contributed by atoms with E-state index in [1.54, 1.807) is 0 Å². The first kappa shape index (κ1) is 14.9. The molecule has 4 nitrogen and oxygen atoms in total. The van der Waals surface area contributed by atoms with Crippen molar-refractivity contribution in [1.29, 1.82) is 0 Å². The number of carbonyl (C=O) groups excluding carboxylic acids is 1. The maximum absolute atomic E-state index is 11.7. The van der Waals surface area contributed by atoms with Crippen LogP contribution in [0.5, 0.6) is 5.75 Å². The molecule has 0 aliphatic rings. The molecule has 3 N–H and O–H groups in total. The number of hydrogen-bond acceptors (Lipinski definition) is 3. The standard InChI is InChI=1S/C17H20N2O2/c1-2-11-21-15-10-6-7-13(12-15)16(17(18)20)19-14-8-4-3-5-9-14/h3-10,12,16,19H,2,11H2,1H3,(H2,18,20). The van der Waals surface area contributed by atoms with Crippen LogP contribution in [0.4, 0.5) is 5.69 Å². The van der Waals surface area contributed by atoms with Gasteiger partial charge in [0.15, 0.2) is 0 Å². The number of primary amides is 1. The van der Waals surface area contributed by atoms with E-state index in [4.69, 9.17) is 10.5 Å². The molecule has 0 fully saturated rings. The van der Waals surface area contributed by atoms with E-state index in [2.05, 4.69) is 5.32 Å². The molecule has 0 radical (unpaired) electrons. The topological polar surface area (TPSA) is 64.3 Å². The van der Waals surface area contributed by atoms with E-state index in [0.717, 1.165) is 23.4 Å². The first-order valence-electron chi connectivity index (χ1n) is 7.04. The average Bonchev–Trinajstić information content (AvgIpc) is 2.51. The molecule has 0 aliphatic heterocycles. The number of nitrogens with two attached hydrogens (primary N) is 1. The summed E-state index contributed by atoms with van der Waals surface area (Å²) in [7, 11) is 0. The van der Waals surface area contributed by atoms with E-state index in [1.165, 1.54) is 0 Å². The van der Waals surface area contributed by atoms with Gasteiger partial charge in [-0.1, -0.05) is 37.3 Å². The van der Waals surface area contributed by atoms with Crippen LogP contribution in [0.15, 0.2) is 54.6 Å². The molecule has 0 aromatic heterocycles. The summed E-state index contributed by atoms with van der Waals surface area (Å²) < 4.78 is 5.60. The lowest BCUT2D eigenvalue weighted by molar-refractivity contribution is -0.118. The third kappa shape index (κ3) is 4.24. The lowest BCUT2D eigenvalue weighted by atomic mass is 10.1. The van der Waals surface area contributed by atoms with Crippen molar-refractivity contribution in [3.05, 3.63) is 60.2 Å². The third-order valence-electron chi connectivity index (χ3n) is 3.03. The molecule has 2 rings (SSSR count). The maximum atomic E-state index is 11.7. The monoisotopic (exact) mass is 284 g/mol. The Morgan fingerprint density at radius 2 is 1.95 bits per heavy atom. The highest BCUT2D eigenvalue weighted by Crippen LogP contribution is 2.23. The fourth-order valence-electron chi connectivity index (χ4n) is 2.02. The molecule has 21 heavy (non-hydrogen) atoms. The van der Waals surface area contributed by atoms with Crippen molar-refractivity contribution in [1.82, 2.24) is 0 Å². The largest absolute Gasteiger partial charge is 0.494 e. The number of ether oxygens (including phenoxy) is 1. The van der Waals surface area contributed by atoms with E-state index >= 15 is 0 Å². The minimum absolute atomic E-state index is 0.425. The molecule has 0 spiro atoms. The first-order chi connectivity index (χ1) is 10.2. The van der Waals surface area contributed by atoms with Crippen molar-refractivity contribution in [3.63, 3.8) is 0 Å². The van der Waals surface area contributed by atoms with Crippen LogP contribution < -0.4 is 15.8 Å². The number of para-hydroxylation sites is 1. The van der Waals surface area contributed by atoms with Crippen LogP contribution in [0.2, 0.25) is 0 Å². The van der Waals surface area contributed by atoms with Gasteiger partial charge in [0, 0.05) is 5.69 Å². The van der Waals surface area contributed by atoms with Crippen LogP contribution in [-0.4, -0.2) is 12.5 Å². The van der Waals surface area contributed by atoms with Crippen LogP contribution in [-0.2, 0) is 4.79 Å². The Kier molecular flexibility index (Phi) is 5.21. The molecule has 2 aromatic rings. The Hall–Kier alpha value is -2.49. The van der Waals surface area contributed by atoms with Gasteiger partial charge in [-0.15, -0.1) is 0 Å². The van der Waals surface area contributed by atoms with Gasteiger partial charge >= 0.3 is 0 Å². The molecule has 1 amide bonds. The molecule has 0 saturated heterocycles. The lowest BCUT2D eigenvalue weighted by Crippen LogP contribution is -2.27. The molecule has 0 saturated carbocycles. The molecular weight excluding hydrogens is 264 g/mol. The van der Waals surface area contributed by atoms with Crippen molar-refractivity contribution < 1.29 is 9.53 Å². The summed E-state index contributed by atoms with van der Waals surface area (Å²) in [5, 5.41) is 3.15. The molecule has 1 atom stereocenters. The van der Waals surface area contributed by atoms with Crippen LogP contribution in [0.3, 0.4) is 0 Å². The van der Waals surface area contributed by atoms with Crippen LogP contribution >= 0.6 is 0 Å². The molecule has 2 aromatic carbocycles. The van der Waals surface area contributed by atoms with Crippen LogP contribution in [0.1, 0.15) is 24.9 Å². The Labute approximate surface area is 124 Å². The van der Waals surface area contributed by atoms with E-state index in [0.29, 0.717) is 6.61 Å². The van der Waals surface area contributed by atoms with Gasteiger partial charge in [0.05, 0.1) is 6.61 Å². The highest BCUT2D eigenvalue weighted by Gasteiger charge is 2.18. The van der Waals surface area contributed by atoms with Gasteiger partial charge in [0.25, 0.3) is 0 Å². The summed E-state index contributed by atoms with van der Waals surface area (Å²) in [4.78, 5) is 11.7. The highest BCUT2D eigenvalue weighted by atomic mass is 16.5. The van der Waals surface area contributed by atoms with Gasteiger partial charge in [-0.25, -0.2) is 0 Å². The molecule has 4 heteroatoms. The van der Waals surface area contributed by atoms with Gasteiger partial charge in [-0.2, -0.15) is 0 Å². The fourth-order valence-corrected chi connectivity index (χ4v) is 2.02. The van der Waals surface area contributed by atoms with Crippen molar-refractivity contribution >= 4 is 11.6 Å². The zero-order chi connectivity index (χ0) is 15.1. The smallest absolute Gasteiger partial charge is 0.244 e. The van der Waals surface area contributed by atoms with Crippen LogP contribution in [0.25, 0.3) is 0 Å². The van der Waals surface area contributed by atoms with Gasteiger partial charge in [-0.3, -0.25) is 4.79 Å². The predicted octanol–water partition coefficient (Wildman–Crippen LogP) is 3.11. The third-order valence-corrected chi connectivity index (χ3v) is 3.03. The first-order valence-corrected chi connectivity index (χ1v) is 7.04. The number of hydrogen-bond donors (Lipinski definition) is 2. The quantitative estimate of drug-likeness (QED) is 0.821. The summed E-state index contributed by atoms with van der Waals surface area (Å²) >= 11 is 0. The van der Waals surface area contributed by atoms with Gasteiger partial charge in [0.2, 0.25) is 5.91 Å². The molecule has 0 bridgehead atoms. The van der Waals surface area contributed by atoms with Gasteiger partial charge in [0.1, 0.15) is 11.8 Å². The maximum Gasteiger partial charge on any atom is 0.244 e. The number of nitrogens with one attached hydrogen (secondary N) is 1. The molecule has 110 valence electrons. The predicted molar refractivity (Wildman–Crippen MR) is 84.2 cm³/mol. The van der Waals surface area contributed by atoms with Gasteiger partial charge in [-0.05, 0) is 36.2 Å². The number of carbonyl (C=O) groups is 1. The number of amides is 1. The molecule has 0 aliphatic carbocycles. The normalized spacial score (nSPS) is 11.7. The Morgan fingerprint density at radius 3 is 2.62 bits per heavy atom. The summed E-state index contributed by atoms with van der Waals surface area (Å²) in [5.74, 6) is 0.321. The second kappa shape index (κ2) is 7.33. The summed E-state index contributed by atoms with van der Waals surface area (Å²) in [6, 6.07) is 16.4. The zero-order valence-electron chi connectivity index (χ0n) is 12.1. The summed E-state index contributed by atoms with van der Waals surface area (Å²) in [6.07, 6.45) is 0.936. The Bertz CT molecular complexity index is 584. The minimum Gasteiger partial charge on any atom is -0.494 e. The Balaban J connectivity index is 2.20.